The highest BCUT2D eigenvalue weighted by Crippen LogP contribution is 2.21. The lowest BCUT2D eigenvalue weighted by atomic mass is 10.2. The summed E-state index contributed by atoms with van der Waals surface area (Å²) >= 11 is 0. The lowest BCUT2D eigenvalue weighted by Crippen LogP contribution is -2.36. The summed E-state index contributed by atoms with van der Waals surface area (Å²) in [4.78, 5) is 38.8. The zero-order valence-electron chi connectivity index (χ0n) is 14.6. The highest BCUT2D eigenvalue weighted by atomic mass is 16.2. The van der Waals surface area contributed by atoms with Crippen LogP contribution in [0.25, 0.3) is 0 Å². The van der Waals surface area contributed by atoms with Gasteiger partial charge in [0.25, 0.3) is 0 Å². The van der Waals surface area contributed by atoms with E-state index >= 15 is 0 Å². The van der Waals surface area contributed by atoms with E-state index in [4.69, 9.17) is 5.26 Å². The number of benzene rings is 2. The third-order valence-electron chi connectivity index (χ3n) is 4.31. The van der Waals surface area contributed by atoms with Gasteiger partial charge in [-0.3, -0.25) is 9.69 Å². The number of anilines is 2. The number of fused-ring (bicyclic) bond motifs is 1. The molecular formula is C19H14N6O3. The standard InChI is InChI=1S/C19H14N6O3/c20-10-13-6-4-5-9-15(13)21-17(26)12-24-19(28)25-16(22-24)11-23(18(25)27)14-7-2-1-3-8-14/h1-9H,11-12H2,(H,21,26). The largest absolute Gasteiger partial charge is 0.354 e. The number of aromatic nitrogens is 3. The summed E-state index contributed by atoms with van der Waals surface area (Å²) in [6, 6.07) is 17.0. The number of hydrogen-bond acceptors (Lipinski definition) is 5. The minimum Gasteiger partial charge on any atom is -0.323 e. The third kappa shape index (κ3) is 2.93. The van der Waals surface area contributed by atoms with E-state index in [0.717, 1.165) is 9.25 Å². The van der Waals surface area contributed by atoms with Crippen molar-refractivity contribution in [1.29, 1.82) is 5.26 Å². The first-order valence-electron chi connectivity index (χ1n) is 8.43. The fourth-order valence-electron chi connectivity index (χ4n) is 3.01. The van der Waals surface area contributed by atoms with Crippen molar-refractivity contribution in [2.75, 3.05) is 10.2 Å². The third-order valence-corrected chi connectivity index (χ3v) is 4.31. The normalized spacial score (nSPS) is 12.5. The van der Waals surface area contributed by atoms with Gasteiger partial charge in [-0.2, -0.15) is 14.9 Å². The van der Waals surface area contributed by atoms with E-state index in [9.17, 15) is 14.4 Å². The molecule has 0 unspecified atom stereocenters. The first kappa shape index (κ1) is 17.2. The summed E-state index contributed by atoms with van der Waals surface area (Å²) in [5.41, 5.74) is 0.641. The fourth-order valence-corrected chi connectivity index (χ4v) is 3.01. The summed E-state index contributed by atoms with van der Waals surface area (Å²) in [6.07, 6.45) is 0. The summed E-state index contributed by atoms with van der Waals surface area (Å²) < 4.78 is 1.91. The number of carbonyl (C=O) groups is 2. The molecule has 3 aromatic rings. The van der Waals surface area contributed by atoms with Gasteiger partial charge in [-0.15, -0.1) is 0 Å². The topological polar surface area (TPSA) is 113 Å². The quantitative estimate of drug-likeness (QED) is 0.744. The van der Waals surface area contributed by atoms with Crippen LogP contribution in [0.1, 0.15) is 11.4 Å². The lowest BCUT2D eigenvalue weighted by molar-refractivity contribution is -0.117. The molecule has 2 aromatic carbocycles. The molecule has 9 nitrogen and oxygen atoms in total. The second-order valence-electron chi connectivity index (χ2n) is 6.10. The van der Waals surface area contributed by atoms with Crippen molar-refractivity contribution in [2.45, 2.75) is 13.1 Å². The van der Waals surface area contributed by atoms with Crippen LogP contribution in [0, 0.1) is 11.3 Å². The van der Waals surface area contributed by atoms with Crippen LogP contribution in [0.15, 0.2) is 59.4 Å². The Hall–Kier alpha value is -4.19. The lowest BCUT2D eigenvalue weighted by Gasteiger charge is -2.14. The molecule has 0 atom stereocenters. The van der Waals surface area contributed by atoms with Crippen molar-refractivity contribution in [3.8, 4) is 6.07 Å². The molecule has 0 aliphatic carbocycles. The van der Waals surface area contributed by atoms with E-state index < -0.39 is 17.6 Å². The Bertz CT molecular complexity index is 1170. The molecule has 28 heavy (non-hydrogen) atoms. The van der Waals surface area contributed by atoms with Gasteiger partial charge in [0.15, 0.2) is 5.82 Å². The highest BCUT2D eigenvalue weighted by molar-refractivity contribution is 5.96. The summed E-state index contributed by atoms with van der Waals surface area (Å²) in [6.45, 7) is -0.221. The molecule has 0 saturated heterocycles. The maximum absolute atomic E-state index is 12.6. The molecule has 1 aliphatic rings. The molecule has 1 N–H and O–H groups in total. The Morgan fingerprint density at radius 3 is 2.54 bits per heavy atom. The Balaban J connectivity index is 1.53. The average molecular weight is 374 g/mol. The van der Waals surface area contributed by atoms with E-state index in [0.29, 0.717) is 16.9 Å². The molecular weight excluding hydrogens is 360 g/mol. The van der Waals surface area contributed by atoms with Gasteiger partial charge in [-0.05, 0) is 24.3 Å². The number of nitrogens with zero attached hydrogens (tertiary/aromatic N) is 5. The van der Waals surface area contributed by atoms with Crippen molar-refractivity contribution in [3.05, 3.63) is 76.5 Å². The second kappa shape index (κ2) is 6.85. The smallest absolute Gasteiger partial charge is 0.323 e. The molecule has 2 heterocycles. The molecule has 9 heteroatoms. The highest BCUT2D eigenvalue weighted by Gasteiger charge is 2.33. The number of carbonyl (C=O) groups excluding carboxylic acids is 2. The van der Waals surface area contributed by atoms with Crippen molar-refractivity contribution < 1.29 is 9.59 Å². The minimum atomic E-state index is -0.679. The Kier molecular flexibility index (Phi) is 4.21. The van der Waals surface area contributed by atoms with Crippen LogP contribution < -0.4 is 15.9 Å². The number of rotatable bonds is 4. The first-order valence-corrected chi connectivity index (χ1v) is 8.43. The molecule has 0 saturated carbocycles. The van der Waals surface area contributed by atoms with Crippen molar-refractivity contribution in [2.24, 2.45) is 0 Å². The number of nitrogens with one attached hydrogen (secondary N) is 1. The van der Waals surface area contributed by atoms with Gasteiger partial charge in [0.2, 0.25) is 5.91 Å². The van der Waals surface area contributed by atoms with Gasteiger partial charge in [0, 0.05) is 5.69 Å². The van der Waals surface area contributed by atoms with Crippen molar-refractivity contribution in [3.63, 3.8) is 0 Å². The van der Waals surface area contributed by atoms with E-state index in [1.165, 1.54) is 4.90 Å². The average Bonchev–Trinajstić information content (AvgIpc) is 3.19. The van der Waals surface area contributed by atoms with Crippen LogP contribution >= 0.6 is 0 Å². The number of nitriles is 1. The van der Waals surface area contributed by atoms with Crippen LogP contribution in [0.4, 0.5) is 16.2 Å². The molecule has 2 amide bonds. The van der Waals surface area contributed by atoms with Crippen LogP contribution in [-0.2, 0) is 17.9 Å². The molecule has 0 bridgehead atoms. The van der Waals surface area contributed by atoms with E-state index in [1.807, 2.05) is 12.1 Å². The van der Waals surface area contributed by atoms with Crippen LogP contribution in [-0.4, -0.2) is 26.3 Å². The van der Waals surface area contributed by atoms with Gasteiger partial charge in [0.1, 0.15) is 12.6 Å². The molecule has 4 rings (SSSR count). The molecule has 0 radical (unpaired) electrons. The maximum Gasteiger partial charge on any atom is 0.354 e. The monoisotopic (exact) mass is 374 g/mol. The summed E-state index contributed by atoms with van der Waals surface area (Å²) in [5.74, 6) is -0.252. The number of para-hydroxylation sites is 2. The second-order valence-corrected chi connectivity index (χ2v) is 6.10. The van der Waals surface area contributed by atoms with E-state index in [2.05, 4.69) is 10.4 Å². The van der Waals surface area contributed by atoms with Gasteiger partial charge in [-0.1, -0.05) is 30.3 Å². The summed E-state index contributed by atoms with van der Waals surface area (Å²) in [7, 11) is 0. The van der Waals surface area contributed by atoms with E-state index in [1.54, 1.807) is 48.5 Å². The molecule has 138 valence electrons. The van der Waals surface area contributed by atoms with Crippen LogP contribution in [0.3, 0.4) is 0 Å². The van der Waals surface area contributed by atoms with Gasteiger partial charge in [-0.25, -0.2) is 14.3 Å². The van der Waals surface area contributed by atoms with Gasteiger partial charge < -0.3 is 5.32 Å². The number of hydrogen-bond donors (Lipinski definition) is 1. The Morgan fingerprint density at radius 2 is 1.82 bits per heavy atom. The zero-order valence-corrected chi connectivity index (χ0v) is 14.6. The van der Waals surface area contributed by atoms with E-state index in [-0.39, 0.29) is 18.9 Å². The van der Waals surface area contributed by atoms with Gasteiger partial charge >= 0.3 is 11.7 Å². The first-order chi connectivity index (χ1) is 13.6. The summed E-state index contributed by atoms with van der Waals surface area (Å²) in [5, 5.41) is 15.8. The fraction of sp³-hybridized carbons (Fsp3) is 0.105. The minimum absolute atomic E-state index is 0.143. The maximum atomic E-state index is 12.6. The predicted molar refractivity (Wildman–Crippen MR) is 99.7 cm³/mol. The molecule has 0 fully saturated rings. The van der Waals surface area contributed by atoms with Gasteiger partial charge in [0.05, 0.1) is 17.8 Å². The zero-order chi connectivity index (χ0) is 19.7. The Labute approximate surface area is 159 Å². The Morgan fingerprint density at radius 1 is 1.11 bits per heavy atom. The molecule has 1 aliphatic heterocycles. The molecule has 0 spiro atoms. The van der Waals surface area contributed by atoms with Crippen LogP contribution in [0.2, 0.25) is 0 Å². The predicted octanol–water partition coefficient (Wildman–Crippen LogP) is 1.54. The van der Waals surface area contributed by atoms with Crippen LogP contribution in [0.5, 0.6) is 0 Å². The molecule has 1 aromatic heterocycles. The SMILES string of the molecule is N#Cc1ccccc1NC(=O)Cn1nc2n(c1=O)C(=O)N(c1ccccc1)C2. The van der Waals surface area contributed by atoms with Crippen molar-refractivity contribution >= 4 is 23.3 Å². The van der Waals surface area contributed by atoms with Crippen molar-refractivity contribution in [1.82, 2.24) is 14.3 Å². The number of amides is 2.